The van der Waals surface area contributed by atoms with Crippen LogP contribution in [0.15, 0.2) is 97.2 Å². The highest BCUT2D eigenvalue weighted by Gasteiger charge is 2.29. The first-order valence-corrected chi connectivity index (χ1v) is 13.7. The first kappa shape index (κ1) is 27.3. The Morgan fingerprint density at radius 3 is 2.15 bits per heavy atom. The van der Waals surface area contributed by atoms with Crippen molar-refractivity contribution in [1.29, 1.82) is 0 Å². The van der Waals surface area contributed by atoms with Gasteiger partial charge in [-0.15, -0.1) is 0 Å². The lowest BCUT2D eigenvalue weighted by molar-refractivity contribution is 0.0193. The summed E-state index contributed by atoms with van der Waals surface area (Å²) in [5.74, 6) is 0.411. The monoisotopic (exact) mass is 536 g/mol. The van der Waals surface area contributed by atoms with Crippen molar-refractivity contribution in [2.45, 2.75) is 51.9 Å². The first-order valence-electron chi connectivity index (χ1n) is 13.7. The van der Waals surface area contributed by atoms with Crippen LogP contribution in [0.4, 0.5) is 4.39 Å². The van der Waals surface area contributed by atoms with Crippen LogP contribution in [-0.4, -0.2) is 15.1 Å². The van der Waals surface area contributed by atoms with Crippen molar-refractivity contribution in [3.05, 3.63) is 120 Å². The van der Waals surface area contributed by atoms with Crippen molar-refractivity contribution in [3.63, 3.8) is 0 Å². The molecule has 0 bridgehead atoms. The highest BCUT2D eigenvalue weighted by Crippen LogP contribution is 2.36. The smallest absolute Gasteiger partial charge is 0.225 e. The summed E-state index contributed by atoms with van der Waals surface area (Å²) in [6.45, 7) is 4.57. The van der Waals surface area contributed by atoms with Gasteiger partial charge in [-0.2, -0.15) is 4.98 Å². The Balaban J connectivity index is 1.51. The van der Waals surface area contributed by atoms with E-state index in [1.54, 1.807) is 12.3 Å². The summed E-state index contributed by atoms with van der Waals surface area (Å²) in [5.41, 5.74) is 3.14. The fraction of sp³-hybridized carbons (Fsp3) is 0.235. The van der Waals surface area contributed by atoms with E-state index in [0.717, 1.165) is 34.1 Å². The highest BCUT2D eigenvalue weighted by atomic mass is 19.1. The second-order valence-corrected chi connectivity index (χ2v) is 9.93. The van der Waals surface area contributed by atoms with Crippen molar-refractivity contribution in [1.82, 2.24) is 9.97 Å². The molecule has 3 aromatic carbocycles. The minimum atomic E-state index is -1.23. The van der Waals surface area contributed by atoms with Gasteiger partial charge in [0.25, 0.3) is 0 Å². The fourth-order valence-corrected chi connectivity index (χ4v) is 4.86. The molecular formula is C34H33FN2O3. The minimum Gasteiger partial charge on any atom is -0.473 e. The lowest BCUT2D eigenvalue weighted by atomic mass is 9.85. The molecule has 0 aliphatic carbocycles. The van der Waals surface area contributed by atoms with E-state index >= 15 is 4.39 Å². The maximum atomic E-state index is 15.1. The average molecular weight is 537 g/mol. The van der Waals surface area contributed by atoms with Crippen LogP contribution in [0.2, 0.25) is 0 Å². The molecule has 204 valence electrons. The molecule has 40 heavy (non-hydrogen) atoms. The standard InChI is InChI=1S/C34H33FN2O3/c1-3-17-34(38,4-2)29-19-26-18-27(21-36-31(26)20-30(29)35)28-15-16-32(39-22-24-11-7-5-8-12-24)37-33(28)40-23-25-13-9-6-10-14-25/h5-16,18-21,38H,3-4,17,22-23H2,1-2H3. The van der Waals surface area contributed by atoms with Gasteiger partial charge in [-0.05, 0) is 42.2 Å². The number of ether oxygens (including phenoxy) is 2. The highest BCUT2D eigenvalue weighted by molar-refractivity contribution is 5.85. The molecule has 0 saturated heterocycles. The molecule has 0 aliphatic heterocycles. The lowest BCUT2D eigenvalue weighted by Gasteiger charge is -2.27. The molecule has 0 amide bonds. The molecular weight excluding hydrogens is 503 g/mol. The molecule has 5 nitrogen and oxygen atoms in total. The van der Waals surface area contributed by atoms with Crippen LogP contribution in [0.3, 0.4) is 0 Å². The molecule has 0 aliphatic rings. The van der Waals surface area contributed by atoms with Gasteiger partial charge in [0.15, 0.2) is 0 Å². The normalized spacial score (nSPS) is 12.7. The number of halogens is 1. The number of benzene rings is 3. The quantitative estimate of drug-likeness (QED) is 0.185. The van der Waals surface area contributed by atoms with E-state index in [2.05, 4.69) is 4.98 Å². The van der Waals surface area contributed by atoms with Crippen LogP contribution in [0.5, 0.6) is 11.8 Å². The number of hydrogen-bond donors (Lipinski definition) is 1. The van der Waals surface area contributed by atoms with Gasteiger partial charge in [0.1, 0.15) is 19.0 Å². The van der Waals surface area contributed by atoms with E-state index in [0.29, 0.717) is 48.9 Å². The van der Waals surface area contributed by atoms with Crippen LogP contribution in [-0.2, 0) is 18.8 Å². The summed E-state index contributed by atoms with van der Waals surface area (Å²) < 4.78 is 27.3. The van der Waals surface area contributed by atoms with Crippen LogP contribution < -0.4 is 9.47 Å². The van der Waals surface area contributed by atoms with E-state index < -0.39 is 11.4 Å². The third kappa shape index (κ3) is 6.13. The zero-order chi connectivity index (χ0) is 28.0. The van der Waals surface area contributed by atoms with E-state index in [9.17, 15) is 5.11 Å². The van der Waals surface area contributed by atoms with Crippen molar-refractivity contribution in [3.8, 4) is 22.9 Å². The number of aliphatic hydroxyl groups is 1. The molecule has 2 aromatic heterocycles. The van der Waals surface area contributed by atoms with Gasteiger partial charge in [-0.3, -0.25) is 4.98 Å². The lowest BCUT2D eigenvalue weighted by Crippen LogP contribution is -2.25. The summed E-state index contributed by atoms with van der Waals surface area (Å²) in [5, 5.41) is 11.9. The first-order chi connectivity index (χ1) is 19.5. The van der Waals surface area contributed by atoms with Gasteiger partial charge >= 0.3 is 0 Å². The fourth-order valence-electron chi connectivity index (χ4n) is 4.86. The zero-order valence-corrected chi connectivity index (χ0v) is 22.8. The van der Waals surface area contributed by atoms with Gasteiger partial charge in [0.2, 0.25) is 11.8 Å². The van der Waals surface area contributed by atoms with Crippen LogP contribution in [0, 0.1) is 5.82 Å². The summed E-state index contributed by atoms with van der Waals surface area (Å²) in [7, 11) is 0. The molecule has 0 saturated carbocycles. The SMILES string of the molecule is CCCC(O)(CC)c1cc2cc(-c3ccc(OCc4ccccc4)nc3OCc3ccccc3)cnc2cc1F. The molecule has 0 fully saturated rings. The van der Waals surface area contributed by atoms with Gasteiger partial charge in [-0.25, -0.2) is 4.39 Å². The van der Waals surface area contributed by atoms with Gasteiger partial charge < -0.3 is 14.6 Å². The number of rotatable bonds is 11. The van der Waals surface area contributed by atoms with Gasteiger partial charge in [0.05, 0.1) is 11.1 Å². The molecule has 1 atom stereocenters. The second-order valence-electron chi connectivity index (χ2n) is 9.93. The third-order valence-corrected chi connectivity index (χ3v) is 7.11. The maximum absolute atomic E-state index is 15.1. The zero-order valence-electron chi connectivity index (χ0n) is 22.8. The minimum absolute atomic E-state index is 0.298. The van der Waals surface area contributed by atoms with Crippen LogP contribution in [0.25, 0.3) is 22.0 Å². The predicted molar refractivity (Wildman–Crippen MR) is 156 cm³/mol. The van der Waals surface area contributed by atoms with Crippen molar-refractivity contribution in [2.24, 2.45) is 0 Å². The Hall–Kier alpha value is -4.29. The topological polar surface area (TPSA) is 64.5 Å². The van der Waals surface area contributed by atoms with Crippen molar-refractivity contribution >= 4 is 10.9 Å². The summed E-state index contributed by atoms with van der Waals surface area (Å²) in [6.07, 6.45) is 3.33. The third-order valence-electron chi connectivity index (χ3n) is 7.11. The van der Waals surface area contributed by atoms with Gasteiger partial charge in [-0.1, -0.05) is 80.9 Å². The molecule has 5 aromatic rings. The molecule has 1 N–H and O–H groups in total. The molecule has 0 radical (unpaired) electrons. The predicted octanol–water partition coefficient (Wildman–Crippen LogP) is 7.99. The van der Waals surface area contributed by atoms with E-state index in [-0.39, 0.29) is 0 Å². The number of aromatic nitrogens is 2. The maximum Gasteiger partial charge on any atom is 0.225 e. The van der Waals surface area contributed by atoms with E-state index in [1.807, 2.05) is 92.7 Å². The number of pyridine rings is 2. The summed E-state index contributed by atoms with van der Waals surface area (Å²) in [4.78, 5) is 9.23. The molecule has 6 heteroatoms. The number of nitrogens with zero attached hydrogens (tertiary/aromatic N) is 2. The summed E-state index contributed by atoms with van der Waals surface area (Å²) >= 11 is 0. The van der Waals surface area contributed by atoms with Crippen molar-refractivity contribution in [2.75, 3.05) is 0 Å². The van der Waals surface area contributed by atoms with E-state index in [4.69, 9.17) is 14.5 Å². The summed E-state index contributed by atoms with van der Waals surface area (Å²) in [6, 6.07) is 28.5. The Labute approximate surface area is 234 Å². The second kappa shape index (κ2) is 12.3. The van der Waals surface area contributed by atoms with Crippen molar-refractivity contribution < 1.29 is 19.0 Å². The molecule has 2 heterocycles. The largest absolute Gasteiger partial charge is 0.473 e. The molecule has 5 rings (SSSR count). The van der Waals surface area contributed by atoms with E-state index in [1.165, 1.54) is 6.07 Å². The Morgan fingerprint density at radius 2 is 1.50 bits per heavy atom. The Morgan fingerprint density at radius 1 is 0.825 bits per heavy atom. The Kier molecular flexibility index (Phi) is 8.37. The number of hydrogen-bond acceptors (Lipinski definition) is 5. The van der Waals surface area contributed by atoms with Crippen LogP contribution >= 0.6 is 0 Å². The molecule has 0 spiro atoms. The van der Waals surface area contributed by atoms with Gasteiger partial charge in [0, 0.05) is 40.4 Å². The van der Waals surface area contributed by atoms with Crippen LogP contribution in [0.1, 0.15) is 49.8 Å². The Bertz CT molecular complexity index is 1580. The molecule has 1 unspecified atom stereocenters. The average Bonchev–Trinajstić information content (AvgIpc) is 2.99. The number of fused-ring (bicyclic) bond motifs is 1.